The van der Waals surface area contributed by atoms with Crippen LogP contribution in [0, 0.1) is 11.3 Å². The molecule has 1 amide bonds. The first-order valence-electron chi connectivity index (χ1n) is 12.1. The average Bonchev–Trinajstić information content (AvgIpc) is 3.42. The van der Waals surface area contributed by atoms with Gasteiger partial charge in [0, 0.05) is 31.9 Å². The molecule has 214 valence electrons. The molecular formula is C26H29F3N6O3S2. The number of rotatable bonds is 6. The maximum atomic E-state index is 13.4. The Morgan fingerprint density at radius 3 is 2.30 bits per heavy atom. The van der Waals surface area contributed by atoms with Gasteiger partial charge in [-0.25, -0.2) is 4.98 Å². The molecule has 2 aliphatic rings. The minimum Gasteiger partial charge on any atom is -0.475 e. The highest BCUT2D eigenvalue weighted by molar-refractivity contribution is 7.80. The fourth-order valence-electron chi connectivity index (χ4n) is 3.77. The van der Waals surface area contributed by atoms with E-state index in [9.17, 15) is 23.1 Å². The molecule has 0 spiro atoms. The van der Waals surface area contributed by atoms with Gasteiger partial charge in [0.25, 0.3) is 5.91 Å². The van der Waals surface area contributed by atoms with Gasteiger partial charge in [0.05, 0.1) is 28.5 Å². The number of nitriles is 1. The second-order valence-corrected chi connectivity index (χ2v) is 11.0. The average molecular weight is 595 g/mol. The zero-order valence-electron chi connectivity index (χ0n) is 22.3. The zero-order chi connectivity index (χ0) is 29.9. The van der Waals surface area contributed by atoms with Gasteiger partial charge in [-0.2, -0.15) is 18.4 Å². The number of pyridine rings is 1. The summed E-state index contributed by atoms with van der Waals surface area (Å²) < 4.78 is 45.7. The Balaban J connectivity index is 0.000000649. The summed E-state index contributed by atoms with van der Waals surface area (Å²) in [5.74, 6) is -0.183. The molecule has 2 aliphatic heterocycles. The lowest BCUT2D eigenvalue weighted by Crippen LogP contribution is -2.43. The quantitative estimate of drug-likeness (QED) is 0.430. The van der Waals surface area contributed by atoms with E-state index in [-0.39, 0.29) is 24.0 Å². The van der Waals surface area contributed by atoms with Crippen LogP contribution in [0.4, 0.5) is 18.9 Å². The van der Waals surface area contributed by atoms with Crippen molar-refractivity contribution >= 4 is 46.3 Å². The number of ether oxygens (including phenoxy) is 1. The molecule has 0 saturated carbocycles. The summed E-state index contributed by atoms with van der Waals surface area (Å²) in [4.78, 5) is 20.0. The first-order chi connectivity index (χ1) is 18.5. The Morgan fingerprint density at radius 1 is 1.18 bits per heavy atom. The molecule has 4 rings (SSSR count). The van der Waals surface area contributed by atoms with Crippen LogP contribution in [0.25, 0.3) is 0 Å². The van der Waals surface area contributed by atoms with Gasteiger partial charge in [-0.15, -0.1) is 0 Å². The number of carbonyl (C=O) groups excluding carboxylic acids is 1. The maximum Gasteiger partial charge on any atom is 0.417 e. The predicted octanol–water partition coefficient (Wildman–Crippen LogP) is 3.50. The smallest absolute Gasteiger partial charge is 0.417 e. The molecule has 9 nitrogen and oxygen atoms in total. The van der Waals surface area contributed by atoms with E-state index in [1.807, 2.05) is 0 Å². The number of amides is 1. The minimum atomic E-state index is -4.76. The van der Waals surface area contributed by atoms with E-state index < -0.39 is 34.4 Å². The molecule has 0 unspecified atom stereocenters. The van der Waals surface area contributed by atoms with Crippen LogP contribution in [0.2, 0.25) is 0 Å². The topological polar surface area (TPSA) is 114 Å². The van der Waals surface area contributed by atoms with Crippen LogP contribution >= 0.6 is 24.4 Å². The van der Waals surface area contributed by atoms with Crippen molar-refractivity contribution in [2.24, 2.45) is 0 Å². The Bertz CT molecular complexity index is 1310. The summed E-state index contributed by atoms with van der Waals surface area (Å²) in [6.07, 6.45) is -3.23. The van der Waals surface area contributed by atoms with Crippen LogP contribution in [0.3, 0.4) is 0 Å². The van der Waals surface area contributed by atoms with Crippen molar-refractivity contribution in [1.82, 2.24) is 20.5 Å². The van der Waals surface area contributed by atoms with Crippen LogP contribution in [-0.4, -0.2) is 62.0 Å². The van der Waals surface area contributed by atoms with Gasteiger partial charge in [0.15, 0.2) is 10.2 Å². The molecule has 3 N–H and O–H groups in total. The van der Waals surface area contributed by atoms with Crippen LogP contribution < -0.4 is 20.3 Å². The SMILES string of the molecule is CC(C)(O)COc1ccc(CN2C(=S)N(c3ccc(C#N)c(C(F)(F)F)c3)C(=O)C2(C)C)cn1.S=C1NCCN1. The monoisotopic (exact) mass is 594 g/mol. The molecule has 2 aromatic rings. The predicted molar refractivity (Wildman–Crippen MR) is 150 cm³/mol. The number of halogens is 3. The van der Waals surface area contributed by atoms with Crippen LogP contribution in [0.5, 0.6) is 5.88 Å². The molecule has 0 aliphatic carbocycles. The van der Waals surface area contributed by atoms with Crippen LogP contribution in [-0.2, 0) is 17.5 Å². The third-order valence-electron chi connectivity index (χ3n) is 5.92. The van der Waals surface area contributed by atoms with Gasteiger partial charge in [-0.3, -0.25) is 9.69 Å². The molecule has 1 aromatic carbocycles. The normalized spacial score (nSPS) is 16.6. The maximum absolute atomic E-state index is 13.4. The Labute approximate surface area is 240 Å². The molecule has 3 heterocycles. The third-order valence-corrected chi connectivity index (χ3v) is 6.61. The molecule has 0 bridgehead atoms. The van der Waals surface area contributed by atoms with Crippen molar-refractivity contribution < 1.29 is 27.8 Å². The molecule has 40 heavy (non-hydrogen) atoms. The largest absolute Gasteiger partial charge is 0.475 e. The number of anilines is 1. The Hall–Kier alpha value is -3.54. The molecule has 2 saturated heterocycles. The Kier molecular flexibility index (Phi) is 9.23. The van der Waals surface area contributed by atoms with E-state index in [1.54, 1.807) is 44.7 Å². The fourth-order valence-corrected chi connectivity index (χ4v) is 4.45. The number of carbonyl (C=O) groups is 1. The van der Waals surface area contributed by atoms with Gasteiger partial charge >= 0.3 is 6.18 Å². The van der Waals surface area contributed by atoms with Gasteiger partial charge in [-0.1, -0.05) is 6.07 Å². The van der Waals surface area contributed by atoms with Crippen molar-refractivity contribution in [3.8, 4) is 11.9 Å². The first kappa shape index (κ1) is 31.0. The van der Waals surface area contributed by atoms with E-state index >= 15 is 0 Å². The lowest BCUT2D eigenvalue weighted by molar-refractivity contribution is -0.137. The molecule has 2 fully saturated rings. The lowest BCUT2D eigenvalue weighted by Gasteiger charge is -2.29. The van der Waals surface area contributed by atoms with E-state index in [1.165, 1.54) is 18.3 Å². The lowest BCUT2D eigenvalue weighted by atomic mass is 10.0. The van der Waals surface area contributed by atoms with E-state index in [0.717, 1.165) is 35.2 Å². The van der Waals surface area contributed by atoms with Crippen molar-refractivity contribution in [3.63, 3.8) is 0 Å². The van der Waals surface area contributed by atoms with E-state index in [2.05, 4.69) is 15.6 Å². The number of nitrogens with one attached hydrogen (secondary N) is 2. The summed E-state index contributed by atoms with van der Waals surface area (Å²) in [5, 5.41) is 25.5. The molecular weight excluding hydrogens is 565 g/mol. The number of hydrogen-bond donors (Lipinski definition) is 3. The summed E-state index contributed by atoms with van der Waals surface area (Å²) in [5.41, 5.74) is -3.21. The standard InChI is InChI=1S/C23H23F3N4O3S.C3H6N2S/c1-21(2,32)13-33-18-8-5-14(11-28-18)12-29-20(34)30(19(31)22(29,3)4)16-7-6-15(10-27)17(9-16)23(24,25)26;6-3-4-1-2-5-3/h5-9,11,32H,12-13H2,1-4H3;1-2H2,(H2,4,5,6). The highest BCUT2D eigenvalue weighted by Crippen LogP contribution is 2.38. The number of nitrogens with zero attached hydrogens (tertiary/aromatic N) is 4. The number of alkyl halides is 3. The van der Waals surface area contributed by atoms with Crippen LogP contribution in [0.15, 0.2) is 36.5 Å². The summed E-state index contributed by atoms with van der Waals surface area (Å²) >= 11 is 10.2. The zero-order valence-corrected chi connectivity index (χ0v) is 23.9. The Morgan fingerprint density at radius 2 is 1.82 bits per heavy atom. The highest BCUT2D eigenvalue weighted by Gasteiger charge is 2.49. The van der Waals surface area contributed by atoms with E-state index in [0.29, 0.717) is 11.4 Å². The van der Waals surface area contributed by atoms with Gasteiger partial charge in [0.1, 0.15) is 12.1 Å². The molecule has 0 radical (unpaired) electrons. The van der Waals surface area contributed by atoms with Crippen LogP contribution in [0.1, 0.15) is 44.4 Å². The van der Waals surface area contributed by atoms with Crippen molar-refractivity contribution in [3.05, 3.63) is 53.2 Å². The van der Waals surface area contributed by atoms with Crippen molar-refractivity contribution in [2.75, 3.05) is 24.6 Å². The van der Waals surface area contributed by atoms with E-state index in [4.69, 9.17) is 34.4 Å². The third kappa shape index (κ3) is 7.35. The van der Waals surface area contributed by atoms with Crippen molar-refractivity contribution in [2.45, 2.75) is 51.6 Å². The number of hydrogen-bond acceptors (Lipinski definition) is 7. The first-order valence-corrected chi connectivity index (χ1v) is 13.0. The molecule has 1 aromatic heterocycles. The summed E-state index contributed by atoms with van der Waals surface area (Å²) in [6, 6.07) is 7.92. The molecule has 14 heteroatoms. The summed E-state index contributed by atoms with van der Waals surface area (Å²) in [7, 11) is 0. The fraction of sp³-hybridized carbons (Fsp3) is 0.423. The minimum absolute atomic E-state index is 0.0372. The van der Waals surface area contributed by atoms with Gasteiger partial charge < -0.3 is 25.4 Å². The number of aromatic nitrogens is 1. The van der Waals surface area contributed by atoms with Gasteiger partial charge in [-0.05, 0) is 75.9 Å². The highest BCUT2D eigenvalue weighted by atomic mass is 32.1. The number of benzene rings is 1. The second-order valence-electron chi connectivity index (χ2n) is 10.2. The number of thiocarbonyl (C=S) groups is 2. The number of aliphatic hydroxyl groups is 1. The van der Waals surface area contributed by atoms with Gasteiger partial charge in [0.2, 0.25) is 5.88 Å². The summed E-state index contributed by atoms with van der Waals surface area (Å²) in [6.45, 7) is 8.66. The molecule has 0 atom stereocenters. The van der Waals surface area contributed by atoms with Crippen molar-refractivity contribution in [1.29, 1.82) is 5.26 Å². The second kappa shape index (κ2) is 11.9.